The van der Waals surface area contributed by atoms with E-state index in [9.17, 15) is 10.1 Å². The van der Waals surface area contributed by atoms with Gasteiger partial charge in [-0.05, 0) is 30.9 Å². The highest BCUT2D eigenvalue weighted by molar-refractivity contribution is 5.06. The van der Waals surface area contributed by atoms with Crippen molar-refractivity contribution in [2.75, 3.05) is 19.6 Å². The molecule has 0 saturated carbocycles. The van der Waals surface area contributed by atoms with Crippen LogP contribution >= 0.6 is 0 Å². The lowest BCUT2D eigenvalue weighted by Crippen LogP contribution is -2.32. The van der Waals surface area contributed by atoms with Crippen LogP contribution in [-0.4, -0.2) is 39.0 Å². The maximum Gasteiger partial charge on any atom is 0.434 e. The lowest BCUT2D eigenvalue weighted by atomic mass is 10.1. The summed E-state index contributed by atoms with van der Waals surface area (Å²) in [6.07, 6.45) is 6.94. The van der Waals surface area contributed by atoms with Gasteiger partial charge in [-0.2, -0.15) is 0 Å². The highest BCUT2D eigenvalue weighted by atomic mass is 16.6. The molecule has 0 spiro atoms. The number of rotatable bonds is 4. The second-order valence-corrected chi connectivity index (χ2v) is 4.08. The van der Waals surface area contributed by atoms with Crippen molar-refractivity contribution in [3.8, 4) is 0 Å². The van der Waals surface area contributed by atoms with Crippen LogP contribution in [0.25, 0.3) is 0 Å². The predicted molar refractivity (Wildman–Crippen MR) is 59.2 cm³/mol. The van der Waals surface area contributed by atoms with E-state index in [1.807, 2.05) is 0 Å². The number of piperidine rings is 1. The summed E-state index contributed by atoms with van der Waals surface area (Å²) < 4.78 is 1.61. The Bertz CT molecular complexity index is 357. The predicted octanol–water partition coefficient (Wildman–Crippen LogP) is 1.28. The lowest BCUT2D eigenvalue weighted by Gasteiger charge is -2.25. The smallest absolute Gasteiger partial charge is 0.390 e. The van der Waals surface area contributed by atoms with Crippen molar-refractivity contribution in [1.29, 1.82) is 0 Å². The summed E-state index contributed by atoms with van der Waals surface area (Å²) in [6, 6.07) is 0. The van der Waals surface area contributed by atoms with Crippen molar-refractivity contribution in [3.63, 3.8) is 0 Å². The van der Waals surface area contributed by atoms with E-state index < -0.39 is 4.92 Å². The van der Waals surface area contributed by atoms with Crippen LogP contribution in [0, 0.1) is 10.1 Å². The summed E-state index contributed by atoms with van der Waals surface area (Å²) in [5, 5.41) is 10.6. The van der Waals surface area contributed by atoms with Crippen LogP contribution in [0.1, 0.15) is 19.3 Å². The van der Waals surface area contributed by atoms with Crippen molar-refractivity contribution in [2.24, 2.45) is 0 Å². The molecule has 2 rings (SSSR count). The third kappa shape index (κ3) is 2.57. The maximum atomic E-state index is 10.6. The van der Waals surface area contributed by atoms with Gasteiger partial charge in [0, 0.05) is 6.54 Å². The first-order chi connectivity index (χ1) is 7.77. The number of nitro groups is 1. The average molecular weight is 224 g/mol. The van der Waals surface area contributed by atoms with Gasteiger partial charge in [-0.25, -0.2) is 4.57 Å². The van der Waals surface area contributed by atoms with Crippen LogP contribution in [0.3, 0.4) is 0 Å². The molecule has 1 aromatic heterocycles. The van der Waals surface area contributed by atoms with Crippen molar-refractivity contribution < 1.29 is 4.92 Å². The molecule has 0 amide bonds. The van der Waals surface area contributed by atoms with Gasteiger partial charge >= 0.3 is 5.95 Å². The molecule has 0 aliphatic carbocycles. The third-order valence-corrected chi connectivity index (χ3v) is 2.96. The highest BCUT2D eigenvalue weighted by Crippen LogP contribution is 2.11. The zero-order valence-electron chi connectivity index (χ0n) is 9.21. The number of imidazole rings is 1. The standard InChI is InChI=1S/C10H16N4O2/c15-14(16)10-11-4-7-13(10)9-8-12-5-2-1-3-6-12/h4,7H,1-3,5-6,8-9H2. The summed E-state index contributed by atoms with van der Waals surface area (Å²) in [7, 11) is 0. The van der Waals surface area contributed by atoms with E-state index in [-0.39, 0.29) is 5.95 Å². The fourth-order valence-corrected chi connectivity index (χ4v) is 2.08. The normalized spacial score (nSPS) is 17.5. The van der Waals surface area contributed by atoms with Gasteiger partial charge in [0.2, 0.25) is 0 Å². The van der Waals surface area contributed by atoms with Crippen LogP contribution < -0.4 is 0 Å². The van der Waals surface area contributed by atoms with Gasteiger partial charge < -0.3 is 15.0 Å². The fraction of sp³-hybridized carbons (Fsp3) is 0.700. The van der Waals surface area contributed by atoms with Gasteiger partial charge in [0.25, 0.3) is 0 Å². The molecule has 0 radical (unpaired) electrons. The van der Waals surface area contributed by atoms with Crippen LogP contribution in [-0.2, 0) is 6.54 Å². The Morgan fingerprint density at radius 1 is 1.31 bits per heavy atom. The van der Waals surface area contributed by atoms with Crippen molar-refractivity contribution >= 4 is 5.95 Å². The minimum atomic E-state index is -0.434. The Hall–Kier alpha value is -1.43. The molecule has 0 atom stereocenters. The van der Waals surface area contributed by atoms with Gasteiger partial charge in [-0.3, -0.25) is 0 Å². The molecule has 1 aromatic rings. The summed E-state index contributed by atoms with van der Waals surface area (Å²) in [5.74, 6) is -0.0583. The zero-order valence-corrected chi connectivity index (χ0v) is 9.21. The molecule has 0 unspecified atom stereocenters. The largest absolute Gasteiger partial charge is 0.434 e. The van der Waals surface area contributed by atoms with Gasteiger partial charge in [-0.1, -0.05) is 11.4 Å². The molecule has 1 aliphatic rings. The van der Waals surface area contributed by atoms with E-state index in [4.69, 9.17) is 0 Å². The molecule has 0 bridgehead atoms. The van der Waals surface area contributed by atoms with E-state index in [1.54, 1.807) is 10.8 Å². The monoisotopic (exact) mass is 224 g/mol. The number of nitrogens with zero attached hydrogens (tertiary/aromatic N) is 4. The number of hydrogen-bond donors (Lipinski definition) is 0. The first-order valence-electron chi connectivity index (χ1n) is 5.65. The van der Waals surface area contributed by atoms with Crippen molar-refractivity contribution in [3.05, 3.63) is 22.5 Å². The van der Waals surface area contributed by atoms with Gasteiger partial charge in [-0.15, -0.1) is 0 Å². The van der Waals surface area contributed by atoms with E-state index in [1.165, 1.54) is 25.5 Å². The Kier molecular flexibility index (Phi) is 3.51. The minimum Gasteiger partial charge on any atom is -0.390 e. The summed E-state index contributed by atoms with van der Waals surface area (Å²) in [4.78, 5) is 16.3. The molecular formula is C10H16N4O2. The Labute approximate surface area is 94.0 Å². The van der Waals surface area contributed by atoms with E-state index in [0.29, 0.717) is 6.54 Å². The minimum absolute atomic E-state index is 0.0583. The molecule has 2 heterocycles. The first-order valence-corrected chi connectivity index (χ1v) is 5.65. The van der Waals surface area contributed by atoms with E-state index >= 15 is 0 Å². The quantitative estimate of drug-likeness (QED) is 0.570. The zero-order chi connectivity index (χ0) is 11.4. The Morgan fingerprint density at radius 3 is 2.75 bits per heavy atom. The fourth-order valence-electron chi connectivity index (χ4n) is 2.08. The summed E-state index contributed by atoms with van der Waals surface area (Å²) in [5.41, 5.74) is 0. The molecular weight excluding hydrogens is 208 g/mol. The Balaban J connectivity index is 1.88. The molecule has 88 valence electrons. The molecule has 6 nitrogen and oxygen atoms in total. The molecule has 1 saturated heterocycles. The molecule has 0 N–H and O–H groups in total. The molecule has 0 aromatic carbocycles. The number of likely N-dealkylation sites (tertiary alicyclic amines) is 1. The van der Waals surface area contributed by atoms with E-state index in [2.05, 4.69) is 9.88 Å². The van der Waals surface area contributed by atoms with Crippen molar-refractivity contribution in [1.82, 2.24) is 14.5 Å². The molecule has 16 heavy (non-hydrogen) atoms. The molecule has 1 aliphatic heterocycles. The van der Waals surface area contributed by atoms with Crippen LogP contribution in [0.4, 0.5) is 5.95 Å². The average Bonchev–Trinajstić information content (AvgIpc) is 2.76. The Morgan fingerprint density at radius 2 is 2.06 bits per heavy atom. The van der Waals surface area contributed by atoms with Gasteiger partial charge in [0.1, 0.15) is 12.4 Å². The number of aromatic nitrogens is 2. The lowest BCUT2D eigenvalue weighted by molar-refractivity contribution is -0.396. The number of hydrogen-bond acceptors (Lipinski definition) is 4. The second-order valence-electron chi connectivity index (χ2n) is 4.08. The van der Waals surface area contributed by atoms with Gasteiger partial charge in [0.15, 0.2) is 0 Å². The van der Waals surface area contributed by atoms with Crippen LogP contribution in [0.5, 0.6) is 0 Å². The van der Waals surface area contributed by atoms with Crippen LogP contribution in [0.15, 0.2) is 12.4 Å². The van der Waals surface area contributed by atoms with E-state index in [0.717, 1.165) is 19.6 Å². The van der Waals surface area contributed by atoms with Gasteiger partial charge in [0.05, 0.1) is 6.54 Å². The summed E-state index contributed by atoms with van der Waals surface area (Å²) in [6.45, 7) is 3.75. The third-order valence-electron chi connectivity index (χ3n) is 2.96. The summed E-state index contributed by atoms with van der Waals surface area (Å²) >= 11 is 0. The molecule has 1 fully saturated rings. The molecule has 6 heteroatoms. The second kappa shape index (κ2) is 5.07. The van der Waals surface area contributed by atoms with Crippen molar-refractivity contribution in [2.45, 2.75) is 25.8 Å². The highest BCUT2D eigenvalue weighted by Gasteiger charge is 2.16. The first kappa shape index (κ1) is 11.1. The topological polar surface area (TPSA) is 64.2 Å². The maximum absolute atomic E-state index is 10.6. The van der Waals surface area contributed by atoms with Crippen LogP contribution in [0.2, 0.25) is 0 Å². The SMILES string of the molecule is O=[N+]([O-])c1nccn1CCN1CCCCC1.